The molecule has 8 nitrogen and oxygen atoms in total. The first-order valence-corrected chi connectivity index (χ1v) is 14.5. The number of carbonyl (C=O) groups excluding carboxylic acids is 1. The van der Waals surface area contributed by atoms with Gasteiger partial charge in [0.05, 0.1) is 27.4 Å². The summed E-state index contributed by atoms with van der Waals surface area (Å²) in [6.07, 6.45) is 8.84. The van der Waals surface area contributed by atoms with Crippen LogP contribution < -0.4 is 24.7 Å². The molecule has 1 amide bonds. The lowest BCUT2D eigenvalue weighted by atomic mass is 9.95. The minimum Gasteiger partial charge on any atom is -0.493 e. The first kappa shape index (κ1) is 34.8. The van der Waals surface area contributed by atoms with E-state index in [4.69, 9.17) is 24.7 Å². The smallest absolute Gasteiger partial charge is 0.254 e. The average molecular weight is 613 g/mol. The minimum absolute atomic E-state index is 0. The monoisotopic (exact) mass is 611 g/mol. The van der Waals surface area contributed by atoms with E-state index in [1.165, 1.54) is 37.8 Å². The SMILES string of the molecule is COc1cc(C(=O)N2CCCCN3CCCCC3CCc3cccc(c3)OCC2)cc(OC)c1OCCCN.Cl.Cl. The zero-order valence-electron chi connectivity index (χ0n) is 24.5. The van der Waals surface area contributed by atoms with Crippen molar-refractivity contribution in [3.05, 3.63) is 47.5 Å². The molecule has 10 heteroatoms. The molecule has 2 aliphatic heterocycles. The molecular formula is C31H47Cl2N3O5. The summed E-state index contributed by atoms with van der Waals surface area (Å²) in [5.74, 6) is 2.21. The fourth-order valence-electron chi connectivity index (χ4n) is 5.60. The van der Waals surface area contributed by atoms with Crippen LogP contribution in [0.5, 0.6) is 23.0 Å². The third kappa shape index (κ3) is 9.84. The van der Waals surface area contributed by atoms with E-state index >= 15 is 0 Å². The second kappa shape index (κ2) is 18.2. The Kier molecular flexibility index (Phi) is 15.5. The van der Waals surface area contributed by atoms with Gasteiger partial charge in [-0.15, -0.1) is 24.8 Å². The van der Waals surface area contributed by atoms with Crippen molar-refractivity contribution in [2.45, 2.75) is 57.4 Å². The lowest BCUT2D eigenvalue weighted by Gasteiger charge is -2.36. The number of fused-ring (bicyclic) bond motifs is 3. The Hall–Kier alpha value is -2.39. The van der Waals surface area contributed by atoms with Crippen molar-refractivity contribution in [1.82, 2.24) is 9.80 Å². The van der Waals surface area contributed by atoms with E-state index in [9.17, 15) is 4.79 Å². The zero-order chi connectivity index (χ0) is 27.5. The number of aryl methyl sites for hydroxylation is 1. The molecule has 2 heterocycles. The van der Waals surface area contributed by atoms with Crippen molar-refractivity contribution >= 4 is 30.7 Å². The van der Waals surface area contributed by atoms with Crippen LogP contribution in [0.25, 0.3) is 0 Å². The number of carbonyl (C=O) groups is 1. The van der Waals surface area contributed by atoms with Gasteiger partial charge in [-0.25, -0.2) is 0 Å². The third-order valence-corrected chi connectivity index (χ3v) is 7.76. The molecule has 2 bridgehead atoms. The molecule has 1 fully saturated rings. The van der Waals surface area contributed by atoms with Gasteiger partial charge in [0, 0.05) is 18.2 Å². The molecule has 1 unspecified atom stereocenters. The van der Waals surface area contributed by atoms with Gasteiger partial charge >= 0.3 is 0 Å². The van der Waals surface area contributed by atoms with E-state index < -0.39 is 0 Å². The highest BCUT2D eigenvalue weighted by atomic mass is 35.5. The fourth-order valence-corrected chi connectivity index (χ4v) is 5.60. The summed E-state index contributed by atoms with van der Waals surface area (Å²) in [7, 11) is 3.14. The molecule has 2 aliphatic rings. The lowest BCUT2D eigenvalue weighted by Crippen LogP contribution is -2.40. The molecule has 0 spiro atoms. The maximum Gasteiger partial charge on any atom is 0.254 e. The predicted octanol–water partition coefficient (Wildman–Crippen LogP) is 5.38. The molecule has 1 saturated heterocycles. The van der Waals surface area contributed by atoms with Crippen molar-refractivity contribution in [2.75, 3.05) is 60.2 Å². The number of hydrogen-bond donors (Lipinski definition) is 1. The summed E-state index contributed by atoms with van der Waals surface area (Å²) in [5, 5.41) is 0. The summed E-state index contributed by atoms with van der Waals surface area (Å²) < 4.78 is 23.2. The van der Waals surface area contributed by atoms with E-state index in [-0.39, 0.29) is 30.7 Å². The van der Waals surface area contributed by atoms with Crippen LogP contribution in [0, 0.1) is 0 Å². The second-order valence-corrected chi connectivity index (χ2v) is 10.4. The van der Waals surface area contributed by atoms with Crippen LogP contribution in [0.4, 0.5) is 0 Å². The van der Waals surface area contributed by atoms with Crippen LogP contribution in [0.3, 0.4) is 0 Å². The predicted molar refractivity (Wildman–Crippen MR) is 168 cm³/mol. The first-order chi connectivity index (χ1) is 19.1. The maximum absolute atomic E-state index is 13.8. The quantitative estimate of drug-likeness (QED) is 0.421. The van der Waals surface area contributed by atoms with Crippen molar-refractivity contribution in [3.8, 4) is 23.0 Å². The highest BCUT2D eigenvalue weighted by molar-refractivity contribution is 5.95. The molecule has 2 aromatic rings. The van der Waals surface area contributed by atoms with Crippen LogP contribution in [0.1, 0.15) is 60.9 Å². The number of hydrogen-bond acceptors (Lipinski definition) is 7. The Labute approximate surface area is 257 Å². The molecule has 0 radical (unpaired) electrons. The Bertz CT molecular complexity index is 1050. The summed E-state index contributed by atoms with van der Waals surface area (Å²) in [6.45, 7) is 4.82. The number of nitrogens with two attached hydrogens (primary N) is 1. The van der Waals surface area contributed by atoms with Gasteiger partial charge < -0.3 is 34.5 Å². The number of piperidine rings is 1. The fraction of sp³-hybridized carbons (Fsp3) is 0.581. The molecule has 1 atom stereocenters. The second-order valence-electron chi connectivity index (χ2n) is 10.4. The van der Waals surface area contributed by atoms with E-state index in [0.29, 0.717) is 68.1 Å². The van der Waals surface area contributed by atoms with Crippen LogP contribution in [0.15, 0.2) is 36.4 Å². The Balaban J connectivity index is 0.00000294. The van der Waals surface area contributed by atoms with Crippen molar-refractivity contribution < 1.29 is 23.7 Å². The molecule has 0 aromatic heterocycles. The van der Waals surface area contributed by atoms with E-state index in [2.05, 4.69) is 23.1 Å². The number of benzene rings is 2. The molecule has 0 aliphatic carbocycles. The first-order valence-electron chi connectivity index (χ1n) is 14.5. The summed E-state index contributed by atoms with van der Waals surface area (Å²) in [5.41, 5.74) is 7.43. The van der Waals surface area contributed by atoms with Gasteiger partial charge in [-0.05, 0) is 94.4 Å². The Morgan fingerprint density at radius 2 is 1.66 bits per heavy atom. The third-order valence-electron chi connectivity index (χ3n) is 7.76. The van der Waals surface area contributed by atoms with Crippen molar-refractivity contribution in [2.24, 2.45) is 5.73 Å². The van der Waals surface area contributed by atoms with E-state index in [1.807, 2.05) is 11.0 Å². The van der Waals surface area contributed by atoms with Gasteiger partial charge in [-0.2, -0.15) is 0 Å². The van der Waals surface area contributed by atoms with Gasteiger partial charge in [0.2, 0.25) is 5.75 Å². The van der Waals surface area contributed by atoms with Crippen molar-refractivity contribution in [3.63, 3.8) is 0 Å². The summed E-state index contributed by atoms with van der Waals surface area (Å²) in [4.78, 5) is 18.4. The summed E-state index contributed by atoms with van der Waals surface area (Å²) in [6, 6.07) is 12.5. The molecule has 0 saturated carbocycles. The van der Waals surface area contributed by atoms with Crippen LogP contribution in [-0.2, 0) is 6.42 Å². The zero-order valence-corrected chi connectivity index (χ0v) is 26.1. The Morgan fingerprint density at radius 1 is 0.951 bits per heavy atom. The van der Waals surface area contributed by atoms with Crippen LogP contribution in [0.2, 0.25) is 0 Å². The highest BCUT2D eigenvalue weighted by Crippen LogP contribution is 2.39. The molecular weight excluding hydrogens is 565 g/mol. The van der Waals surface area contributed by atoms with E-state index in [0.717, 1.165) is 31.6 Å². The number of halogens is 2. The number of ether oxygens (including phenoxy) is 4. The number of amides is 1. The van der Waals surface area contributed by atoms with Gasteiger partial charge in [0.1, 0.15) is 12.4 Å². The minimum atomic E-state index is -0.0716. The van der Waals surface area contributed by atoms with E-state index in [1.54, 1.807) is 26.4 Å². The standard InChI is InChI=1S/C31H45N3O5.2ClH/c1-36-28-22-25(23-29(37-2)30(28)39-19-8-14-32)31(35)34-17-6-5-16-33-15-4-3-10-26(33)13-12-24-9-7-11-27(21-24)38-20-18-34;;/h7,9,11,21-23,26H,3-6,8,10,12-20,32H2,1-2H3;2*1H. The average Bonchev–Trinajstić information content (AvgIpc) is 2.97. The molecule has 4 rings (SSSR count). The normalized spacial score (nSPS) is 18.2. The van der Waals surface area contributed by atoms with Crippen LogP contribution in [-0.4, -0.2) is 81.9 Å². The number of rotatable bonds is 7. The number of nitrogens with zero attached hydrogens (tertiary/aromatic N) is 2. The largest absolute Gasteiger partial charge is 0.493 e. The van der Waals surface area contributed by atoms with Crippen molar-refractivity contribution in [1.29, 1.82) is 0 Å². The molecule has 41 heavy (non-hydrogen) atoms. The molecule has 2 N–H and O–H groups in total. The van der Waals surface area contributed by atoms with Gasteiger partial charge in [0.15, 0.2) is 11.5 Å². The molecule has 2 aromatic carbocycles. The highest BCUT2D eigenvalue weighted by Gasteiger charge is 2.24. The van der Waals surface area contributed by atoms with Gasteiger partial charge in [-0.1, -0.05) is 18.6 Å². The van der Waals surface area contributed by atoms with Gasteiger partial charge in [-0.3, -0.25) is 4.79 Å². The lowest BCUT2D eigenvalue weighted by molar-refractivity contribution is 0.0720. The summed E-state index contributed by atoms with van der Waals surface area (Å²) >= 11 is 0. The maximum atomic E-state index is 13.8. The van der Waals surface area contributed by atoms with Crippen LogP contribution >= 0.6 is 24.8 Å². The number of methoxy groups -OCH3 is 2. The van der Waals surface area contributed by atoms with Gasteiger partial charge in [0.25, 0.3) is 5.91 Å². The Morgan fingerprint density at radius 3 is 2.37 bits per heavy atom. The topological polar surface area (TPSA) is 86.5 Å². The molecule has 230 valence electrons.